The lowest BCUT2D eigenvalue weighted by atomic mass is 10.0. The van der Waals surface area contributed by atoms with E-state index in [1.807, 2.05) is 19.1 Å². The Morgan fingerprint density at radius 3 is 2.94 bits per heavy atom. The quantitative estimate of drug-likeness (QED) is 0.942. The van der Waals surface area contributed by atoms with Gasteiger partial charge in [-0.3, -0.25) is 0 Å². The number of rotatable bonds is 3. The highest BCUT2D eigenvalue weighted by Gasteiger charge is 2.09. The second kappa shape index (κ2) is 5.08. The molecule has 0 radical (unpaired) electrons. The van der Waals surface area contributed by atoms with E-state index in [-0.39, 0.29) is 6.04 Å². The Balaban J connectivity index is 2.11. The van der Waals surface area contributed by atoms with Gasteiger partial charge in [0.1, 0.15) is 0 Å². The van der Waals surface area contributed by atoms with Gasteiger partial charge in [-0.05, 0) is 24.6 Å². The van der Waals surface area contributed by atoms with Gasteiger partial charge in [-0.25, -0.2) is 4.98 Å². The predicted octanol–water partition coefficient (Wildman–Crippen LogP) is 3.46. The van der Waals surface area contributed by atoms with Crippen LogP contribution in [0.2, 0.25) is 0 Å². The summed E-state index contributed by atoms with van der Waals surface area (Å²) in [5, 5.41) is 3.17. The minimum atomic E-state index is 0.0130. The van der Waals surface area contributed by atoms with Gasteiger partial charge in [0.2, 0.25) is 0 Å². The average Bonchev–Trinajstić information content (AvgIpc) is 2.64. The summed E-state index contributed by atoms with van der Waals surface area (Å²) in [5.74, 6) is 0. The highest BCUT2D eigenvalue weighted by atomic mass is 79.9. The Morgan fingerprint density at radius 2 is 2.31 bits per heavy atom. The molecule has 1 aromatic carbocycles. The van der Waals surface area contributed by atoms with Gasteiger partial charge in [-0.1, -0.05) is 28.1 Å². The lowest BCUT2D eigenvalue weighted by Crippen LogP contribution is -2.13. The topological polar surface area (TPSA) is 38.9 Å². The number of halogens is 1. The molecule has 0 fully saturated rings. The zero-order valence-corrected chi connectivity index (χ0v) is 11.4. The third-order valence-electron chi connectivity index (χ3n) is 2.37. The fraction of sp³-hybridized carbons (Fsp3) is 0.250. The smallest absolute Gasteiger partial charge is 0.0897 e. The number of nitrogens with two attached hydrogens (primary N) is 1. The summed E-state index contributed by atoms with van der Waals surface area (Å²) in [6.07, 6.45) is 0.792. The highest BCUT2D eigenvalue weighted by molar-refractivity contribution is 9.10. The molecule has 0 saturated carbocycles. The number of aryl methyl sites for hydroxylation is 1. The summed E-state index contributed by atoms with van der Waals surface area (Å²) >= 11 is 5.12. The van der Waals surface area contributed by atoms with Crippen molar-refractivity contribution < 1.29 is 0 Å². The van der Waals surface area contributed by atoms with Crippen LogP contribution in [0, 0.1) is 6.92 Å². The molecule has 1 unspecified atom stereocenters. The van der Waals surface area contributed by atoms with E-state index in [1.165, 1.54) is 0 Å². The van der Waals surface area contributed by atoms with Gasteiger partial charge in [-0.15, -0.1) is 11.3 Å². The number of aromatic nitrogens is 1. The zero-order chi connectivity index (χ0) is 11.5. The summed E-state index contributed by atoms with van der Waals surface area (Å²) in [4.78, 5) is 4.43. The van der Waals surface area contributed by atoms with E-state index in [0.29, 0.717) is 0 Å². The molecule has 0 aliphatic carbocycles. The van der Waals surface area contributed by atoms with Crippen LogP contribution in [0.15, 0.2) is 34.1 Å². The van der Waals surface area contributed by atoms with Gasteiger partial charge in [0.15, 0.2) is 0 Å². The Labute approximate surface area is 108 Å². The highest BCUT2D eigenvalue weighted by Crippen LogP contribution is 2.20. The van der Waals surface area contributed by atoms with Crippen molar-refractivity contribution in [2.75, 3.05) is 0 Å². The third kappa shape index (κ3) is 2.90. The van der Waals surface area contributed by atoms with Crippen molar-refractivity contribution in [2.45, 2.75) is 19.4 Å². The summed E-state index contributed by atoms with van der Waals surface area (Å²) in [6.45, 7) is 2.01. The lowest BCUT2D eigenvalue weighted by molar-refractivity contribution is 0.708. The molecule has 0 bridgehead atoms. The first-order chi connectivity index (χ1) is 7.65. The van der Waals surface area contributed by atoms with E-state index in [0.717, 1.165) is 27.2 Å². The molecule has 2 nitrogen and oxygen atoms in total. The van der Waals surface area contributed by atoms with E-state index in [4.69, 9.17) is 5.73 Å². The molecule has 2 aromatic rings. The fourth-order valence-electron chi connectivity index (χ4n) is 1.58. The van der Waals surface area contributed by atoms with E-state index >= 15 is 0 Å². The van der Waals surface area contributed by atoms with Crippen molar-refractivity contribution >= 4 is 27.3 Å². The molecule has 84 valence electrons. The van der Waals surface area contributed by atoms with Crippen molar-refractivity contribution in [3.05, 3.63) is 50.4 Å². The normalized spacial score (nSPS) is 12.7. The van der Waals surface area contributed by atoms with E-state index in [1.54, 1.807) is 11.3 Å². The van der Waals surface area contributed by atoms with Gasteiger partial charge < -0.3 is 5.73 Å². The van der Waals surface area contributed by atoms with Crippen LogP contribution in [-0.2, 0) is 6.42 Å². The largest absolute Gasteiger partial charge is 0.324 e. The van der Waals surface area contributed by atoms with Gasteiger partial charge in [0, 0.05) is 22.3 Å². The molecule has 2 N–H and O–H groups in total. The molecule has 0 aliphatic rings. The lowest BCUT2D eigenvalue weighted by Gasteiger charge is -2.10. The summed E-state index contributed by atoms with van der Waals surface area (Å²) in [5.41, 5.74) is 8.37. The average molecular weight is 297 g/mol. The zero-order valence-electron chi connectivity index (χ0n) is 8.98. The second-order valence-corrected chi connectivity index (χ2v) is 5.70. The van der Waals surface area contributed by atoms with E-state index < -0.39 is 0 Å². The van der Waals surface area contributed by atoms with Gasteiger partial charge in [0.25, 0.3) is 0 Å². The van der Waals surface area contributed by atoms with Crippen molar-refractivity contribution in [2.24, 2.45) is 5.73 Å². The minimum Gasteiger partial charge on any atom is -0.324 e. The minimum absolute atomic E-state index is 0.0130. The molecule has 4 heteroatoms. The molecule has 0 aliphatic heterocycles. The molecule has 0 spiro atoms. The number of hydrogen-bond donors (Lipinski definition) is 1. The molecule has 1 heterocycles. The molecule has 0 saturated heterocycles. The van der Waals surface area contributed by atoms with Crippen molar-refractivity contribution in [3.8, 4) is 0 Å². The van der Waals surface area contributed by atoms with E-state index in [2.05, 4.69) is 38.4 Å². The van der Waals surface area contributed by atoms with Crippen LogP contribution in [0.5, 0.6) is 0 Å². The number of thiazole rings is 1. The number of benzene rings is 1. The molecular formula is C12H13BrN2S. The molecule has 16 heavy (non-hydrogen) atoms. The van der Waals surface area contributed by atoms with Crippen LogP contribution in [0.25, 0.3) is 0 Å². The SMILES string of the molecule is Cc1nc(CC(N)c2cccc(Br)c2)cs1. The molecule has 2 rings (SSSR count). The Bertz CT molecular complexity index is 481. The van der Waals surface area contributed by atoms with Crippen LogP contribution >= 0.6 is 27.3 Å². The number of nitrogens with zero attached hydrogens (tertiary/aromatic N) is 1. The van der Waals surface area contributed by atoms with Crippen LogP contribution in [0.3, 0.4) is 0 Å². The predicted molar refractivity (Wildman–Crippen MR) is 71.6 cm³/mol. The van der Waals surface area contributed by atoms with Gasteiger partial charge in [-0.2, -0.15) is 0 Å². The standard InChI is InChI=1S/C12H13BrN2S/c1-8-15-11(7-16-8)6-12(14)9-3-2-4-10(13)5-9/h2-5,7,12H,6,14H2,1H3. The molecule has 1 aromatic heterocycles. The Morgan fingerprint density at radius 1 is 1.50 bits per heavy atom. The maximum atomic E-state index is 6.15. The van der Waals surface area contributed by atoms with Crippen molar-refractivity contribution in [1.29, 1.82) is 0 Å². The summed E-state index contributed by atoms with van der Waals surface area (Å²) in [7, 11) is 0. The monoisotopic (exact) mass is 296 g/mol. The van der Waals surface area contributed by atoms with Gasteiger partial charge in [0.05, 0.1) is 10.7 Å². The van der Waals surface area contributed by atoms with Crippen molar-refractivity contribution in [1.82, 2.24) is 4.98 Å². The maximum Gasteiger partial charge on any atom is 0.0897 e. The first-order valence-electron chi connectivity index (χ1n) is 5.07. The first-order valence-corrected chi connectivity index (χ1v) is 6.74. The summed E-state index contributed by atoms with van der Waals surface area (Å²) in [6, 6.07) is 8.13. The van der Waals surface area contributed by atoms with Crippen LogP contribution < -0.4 is 5.73 Å². The maximum absolute atomic E-state index is 6.15. The summed E-state index contributed by atoms with van der Waals surface area (Å²) < 4.78 is 1.06. The first kappa shape index (κ1) is 11.8. The van der Waals surface area contributed by atoms with Crippen LogP contribution in [-0.4, -0.2) is 4.98 Å². The fourth-order valence-corrected chi connectivity index (χ4v) is 2.62. The van der Waals surface area contributed by atoms with E-state index in [9.17, 15) is 0 Å². The molecule has 0 amide bonds. The number of hydrogen-bond acceptors (Lipinski definition) is 3. The second-order valence-electron chi connectivity index (χ2n) is 3.72. The Kier molecular flexibility index (Phi) is 3.74. The van der Waals surface area contributed by atoms with Crippen LogP contribution in [0.1, 0.15) is 22.3 Å². The Hall–Kier alpha value is -0.710. The molecular weight excluding hydrogens is 284 g/mol. The molecule has 1 atom stereocenters. The third-order valence-corrected chi connectivity index (χ3v) is 3.69. The van der Waals surface area contributed by atoms with Crippen LogP contribution in [0.4, 0.5) is 0 Å². The van der Waals surface area contributed by atoms with Crippen molar-refractivity contribution in [3.63, 3.8) is 0 Å². The van der Waals surface area contributed by atoms with Gasteiger partial charge >= 0.3 is 0 Å².